The molecule has 0 saturated carbocycles. The molecule has 1 aromatic rings. The Kier molecular flexibility index (Phi) is 3.56. The van der Waals surface area contributed by atoms with Crippen LogP contribution in [0.2, 0.25) is 0 Å². The summed E-state index contributed by atoms with van der Waals surface area (Å²) < 4.78 is 0. The van der Waals surface area contributed by atoms with Crippen LogP contribution in [0.4, 0.5) is 0 Å². The summed E-state index contributed by atoms with van der Waals surface area (Å²) in [6.07, 6.45) is 2.08. The standard InChI is InChI=1S/C12H17N/c1-4-10(2)13-11(3)12-8-6-5-7-9-12/h4-9,11,13H,1-3H3/b10-4+. The molecule has 1 N–H and O–H groups in total. The monoisotopic (exact) mass is 175 g/mol. The predicted octanol–water partition coefficient (Wildman–Crippen LogP) is 3.26. The first-order chi connectivity index (χ1) is 6.24. The van der Waals surface area contributed by atoms with Gasteiger partial charge in [-0.1, -0.05) is 36.4 Å². The Morgan fingerprint density at radius 3 is 2.46 bits per heavy atom. The van der Waals surface area contributed by atoms with Gasteiger partial charge in [-0.2, -0.15) is 0 Å². The number of hydrogen-bond acceptors (Lipinski definition) is 1. The molecular formula is C12H17N. The Hall–Kier alpha value is -1.24. The van der Waals surface area contributed by atoms with Crippen molar-refractivity contribution in [1.29, 1.82) is 0 Å². The molecular weight excluding hydrogens is 158 g/mol. The Morgan fingerprint density at radius 2 is 1.92 bits per heavy atom. The van der Waals surface area contributed by atoms with Crippen molar-refractivity contribution in [1.82, 2.24) is 5.32 Å². The Balaban J connectivity index is 2.64. The van der Waals surface area contributed by atoms with E-state index in [2.05, 4.69) is 49.5 Å². The molecule has 13 heavy (non-hydrogen) atoms. The van der Waals surface area contributed by atoms with Crippen molar-refractivity contribution in [2.24, 2.45) is 0 Å². The lowest BCUT2D eigenvalue weighted by molar-refractivity contribution is 0.653. The largest absolute Gasteiger partial charge is 0.382 e. The average molecular weight is 175 g/mol. The van der Waals surface area contributed by atoms with E-state index in [1.165, 1.54) is 11.3 Å². The van der Waals surface area contributed by atoms with Gasteiger partial charge in [0.15, 0.2) is 0 Å². The average Bonchev–Trinajstić information content (AvgIpc) is 2.19. The lowest BCUT2D eigenvalue weighted by atomic mass is 10.1. The summed E-state index contributed by atoms with van der Waals surface area (Å²) in [5.74, 6) is 0. The van der Waals surface area contributed by atoms with E-state index < -0.39 is 0 Å². The smallest absolute Gasteiger partial charge is 0.0482 e. The normalized spacial score (nSPS) is 13.9. The molecule has 1 heteroatoms. The fraction of sp³-hybridized carbons (Fsp3) is 0.333. The second-order valence-electron chi connectivity index (χ2n) is 3.25. The van der Waals surface area contributed by atoms with Crippen molar-refractivity contribution in [2.45, 2.75) is 26.8 Å². The van der Waals surface area contributed by atoms with E-state index in [9.17, 15) is 0 Å². The van der Waals surface area contributed by atoms with Gasteiger partial charge < -0.3 is 5.32 Å². The van der Waals surface area contributed by atoms with Gasteiger partial charge in [0.25, 0.3) is 0 Å². The SMILES string of the molecule is C/C=C(\C)NC(C)c1ccccc1. The van der Waals surface area contributed by atoms with Gasteiger partial charge in [0.2, 0.25) is 0 Å². The van der Waals surface area contributed by atoms with Crippen LogP contribution < -0.4 is 5.32 Å². The zero-order valence-corrected chi connectivity index (χ0v) is 8.54. The van der Waals surface area contributed by atoms with Crippen molar-refractivity contribution in [3.8, 4) is 0 Å². The van der Waals surface area contributed by atoms with Crippen LogP contribution in [0.15, 0.2) is 42.1 Å². The summed E-state index contributed by atoms with van der Waals surface area (Å²) in [5, 5.41) is 3.41. The fourth-order valence-corrected chi connectivity index (χ4v) is 1.25. The van der Waals surface area contributed by atoms with Gasteiger partial charge in [-0.15, -0.1) is 0 Å². The van der Waals surface area contributed by atoms with Crippen LogP contribution in [0.3, 0.4) is 0 Å². The quantitative estimate of drug-likeness (QED) is 0.743. The molecule has 0 saturated heterocycles. The molecule has 1 unspecified atom stereocenters. The van der Waals surface area contributed by atoms with E-state index in [-0.39, 0.29) is 0 Å². The lowest BCUT2D eigenvalue weighted by Crippen LogP contribution is -2.15. The first-order valence-corrected chi connectivity index (χ1v) is 4.68. The molecule has 0 heterocycles. The molecule has 0 bridgehead atoms. The third kappa shape index (κ3) is 2.94. The second-order valence-corrected chi connectivity index (χ2v) is 3.25. The van der Waals surface area contributed by atoms with E-state index in [1.54, 1.807) is 0 Å². The maximum absolute atomic E-state index is 3.41. The third-order valence-electron chi connectivity index (χ3n) is 2.18. The highest BCUT2D eigenvalue weighted by Crippen LogP contribution is 2.12. The molecule has 0 aliphatic rings. The Bertz CT molecular complexity index is 274. The molecule has 1 atom stereocenters. The predicted molar refractivity (Wildman–Crippen MR) is 57.4 cm³/mol. The Morgan fingerprint density at radius 1 is 1.31 bits per heavy atom. The zero-order chi connectivity index (χ0) is 9.68. The first-order valence-electron chi connectivity index (χ1n) is 4.68. The molecule has 0 aromatic heterocycles. The molecule has 0 amide bonds. The maximum atomic E-state index is 3.41. The van der Waals surface area contributed by atoms with E-state index >= 15 is 0 Å². The van der Waals surface area contributed by atoms with Crippen LogP contribution >= 0.6 is 0 Å². The van der Waals surface area contributed by atoms with E-state index in [0.717, 1.165) is 0 Å². The number of rotatable bonds is 3. The molecule has 70 valence electrons. The lowest BCUT2D eigenvalue weighted by Gasteiger charge is -2.15. The van der Waals surface area contributed by atoms with Gasteiger partial charge >= 0.3 is 0 Å². The minimum Gasteiger partial charge on any atom is -0.382 e. The minimum atomic E-state index is 0.386. The van der Waals surface area contributed by atoms with Gasteiger partial charge in [0.1, 0.15) is 0 Å². The summed E-state index contributed by atoms with van der Waals surface area (Å²) in [4.78, 5) is 0. The Labute approximate surface area is 80.5 Å². The van der Waals surface area contributed by atoms with Crippen LogP contribution in [0.25, 0.3) is 0 Å². The maximum Gasteiger partial charge on any atom is 0.0482 e. The van der Waals surface area contributed by atoms with Crippen molar-refractivity contribution >= 4 is 0 Å². The highest BCUT2D eigenvalue weighted by atomic mass is 14.9. The topological polar surface area (TPSA) is 12.0 Å². The first kappa shape index (κ1) is 9.85. The van der Waals surface area contributed by atoms with Gasteiger partial charge in [0.05, 0.1) is 0 Å². The number of nitrogens with one attached hydrogen (secondary N) is 1. The van der Waals surface area contributed by atoms with Crippen LogP contribution in [-0.2, 0) is 0 Å². The fourth-order valence-electron chi connectivity index (χ4n) is 1.25. The summed E-state index contributed by atoms with van der Waals surface area (Å²) in [6, 6.07) is 10.8. The molecule has 1 rings (SSSR count). The molecule has 0 aliphatic heterocycles. The van der Waals surface area contributed by atoms with E-state index in [0.29, 0.717) is 6.04 Å². The number of allylic oxidation sites excluding steroid dienone is 2. The number of hydrogen-bond donors (Lipinski definition) is 1. The summed E-state index contributed by atoms with van der Waals surface area (Å²) in [7, 11) is 0. The zero-order valence-electron chi connectivity index (χ0n) is 8.54. The van der Waals surface area contributed by atoms with Crippen molar-refractivity contribution in [3.63, 3.8) is 0 Å². The summed E-state index contributed by atoms with van der Waals surface area (Å²) in [5.41, 5.74) is 2.54. The molecule has 0 spiro atoms. The third-order valence-corrected chi connectivity index (χ3v) is 2.18. The van der Waals surface area contributed by atoms with Crippen molar-refractivity contribution < 1.29 is 0 Å². The van der Waals surface area contributed by atoms with Crippen LogP contribution in [0.1, 0.15) is 32.4 Å². The molecule has 1 aromatic carbocycles. The van der Waals surface area contributed by atoms with Crippen LogP contribution in [0.5, 0.6) is 0 Å². The molecule has 1 nitrogen and oxygen atoms in total. The molecule has 0 fully saturated rings. The van der Waals surface area contributed by atoms with Crippen molar-refractivity contribution in [2.75, 3.05) is 0 Å². The highest BCUT2D eigenvalue weighted by molar-refractivity contribution is 5.19. The van der Waals surface area contributed by atoms with Gasteiger partial charge in [-0.25, -0.2) is 0 Å². The van der Waals surface area contributed by atoms with Crippen LogP contribution in [0, 0.1) is 0 Å². The summed E-state index contributed by atoms with van der Waals surface area (Å²) >= 11 is 0. The number of benzene rings is 1. The van der Waals surface area contributed by atoms with Gasteiger partial charge in [-0.3, -0.25) is 0 Å². The summed E-state index contributed by atoms with van der Waals surface area (Å²) in [6.45, 7) is 6.29. The van der Waals surface area contributed by atoms with E-state index in [4.69, 9.17) is 0 Å². The molecule has 0 aliphatic carbocycles. The van der Waals surface area contributed by atoms with Gasteiger partial charge in [-0.05, 0) is 26.3 Å². The highest BCUT2D eigenvalue weighted by Gasteiger charge is 2.02. The van der Waals surface area contributed by atoms with E-state index in [1.807, 2.05) is 13.0 Å². The molecule has 0 radical (unpaired) electrons. The van der Waals surface area contributed by atoms with Crippen LogP contribution in [-0.4, -0.2) is 0 Å². The second kappa shape index (κ2) is 4.70. The van der Waals surface area contributed by atoms with Gasteiger partial charge in [0, 0.05) is 11.7 Å². The van der Waals surface area contributed by atoms with Crippen molar-refractivity contribution in [3.05, 3.63) is 47.7 Å². The minimum absolute atomic E-state index is 0.386.